The second-order valence-corrected chi connectivity index (χ2v) is 10.2. The third kappa shape index (κ3) is 5.98. The van der Waals surface area contributed by atoms with Gasteiger partial charge in [-0.05, 0) is 30.5 Å². The van der Waals surface area contributed by atoms with Crippen molar-refractivity contribution in [3.63, 3.8) is 0 Å². The molecule has 1 atom stereocenters. The Labute approximate surface area is 228 Å². The summed E-state index contributed by atoms with van der Waals surface area (Å²) >= 11 is 8.96. The van der Waals surface area contributed by atoms with Gasteiger partial charge in [-0.1, -0.05) is 78.8 Å². The van der Waals surface area contributed by atoms with Crippen LogP contribution in [-0.2, 0) is 15.3 Å². The molecule has 0 radical (unpaired) electrons. The van der Waals surface area contributed by atoms with Crippen LogP contribution in [0.2, 0.25) is 5.02 Å². The topological polar surface area (TPSA) is 112 Å². The fourth-order valence-corrected chi connectivity index (χ4v) is 6.04. The fraction of sp³-hybridized carbons (Fsp3) is 0.231. The number of nitrogens with one attached hydrogen (secondary N) is 1. The highest BCUT2D eigenvalue weighted by Crippen LogP contribution is 2.37. The van der Waals surface area contributed by atoms with Crippen molar-refractivity contribution in [1.29, 1.82) is 0 Å². The summed E-state index contributed by atoms with van der Waals surface area (Å²) in [6, 6.07) is 16.3. The maximum Gasteiger partial charge on any atom is 0.341 e. The van der Waals surface area contributed by atoms with Crippen molar-refractivity contribution in [1.82, 2.24) is 14.8 Å². The lowest BCUT2D eigenvalue weighted by molar-refractivity contribution is -0.119. The van der Waals surface area contributed by atoms with Crippen molar-refractivity contribution in [2.75, 3.05) is 17.7 Å². The molecular weight excluding hydrogens is 530 g/mol. The second kappa shape index (κ2) is 12.3. The molecule has 37 heavy (non-hydrogen) atoms. The zero-order valence-electron chi connectivity index (χ0n) is 20.3. The number of ether oxygens (including phenoxy) is 1. The van der Waals surface area contributed by atoms with E-state index in [-0.39, 0.29) is 18.5 Å². The van der Waals surface area contributed by atoms with E-state index in [9.17, 15) is 9.59 Å². The molecule has 2 aromatic carbocycles. The van der Waals surface area contributed by atoms with Gasteiger partial charge in [0.1, 0.15) is 16.6 Å². The Morgan fingerprint density at radius 2 is 1.86 bits per heavy atom. The van der Waals surface area contributed by atoms with Crippen LogP contribution in [0.1, 0.15) is 42.2 Å². The van der Waals surface area contributed by atoms with Crippen LogP contribution in [0.25, 0.3) is 11.1 Å². The van der Waals surface area contributed by atoms with Gasteiger partial charge in [-0.15, -0.1) is 21.5 Å². The van der Waals surface area contributed by atoms with Crippen LogP contribution in [0.15, 0.2) is 65.1 Å². The first-order valence-electron chi connectivity index (χ1n) is 11.7. The lowest BCUT2D eigenvalue weighted by Crippen LogP contribution is -2.27. The van der Waals surface area contributed by atoms with E-state index in [1.54, 1.807) is 11.5 Å². The number of nitrogen functional groups attached to an aromatic ring is 1. The van der Waals surface area contributed by atoms with Gasteiger partial charge >= 0.3 is 5.97 Å². The Balaban J connectivity index is 1.61. The maximum atomic E-state index is 13.5. The normalized spacial score (nSPS) is 11.8. The van der Waals surface area contributed by atoms with Crippen LogP contribution in [0.5, 0.6) is 0 Å². The third-order valence-electron chi connectivity index (χ3n) is 5.60. The molecule has 2 heterocycles. The van der Waals surface area contributed by atoms with Gasteiger partial charge in [0.2, 0.25) is 11.9 Å². The molecule has 0 aliphatic heterocycles. The van der Waals surface area contributed by atoms with Gasteiger partial charge in [0.25, 0.3) is 0 Å². The maximum absolute atomic E-state index is 13.5. The first-order valence-corrected chi connectivity index (χ1v) is 13.9. The molecule has 2 aromatic heterocycles. The molecule has 4 rings (SSSR count). The number of nitrogens with zero attached hydrogens (tertiary/aromatic N) is 3. The minimum absolute atomic E-state index is 0.130. The number of amides is 1. The molecule has 192 valence electrons. The Hall–Kier alpha value is -3.34. The molecular formula is C26H26ClN5O3S2. The van der Waals surface area contributed by atoms with Crippen LogP contribution in [0.3, 0.4) is 0 Å². The molecule has 0 aliphatic rings. The van der Waals surface area contributed by atoms with Gasteiger partial charge in [-0.2, -0.15) is 0 Å². The number of hydrogen-bond donors (Lipinski definition) is 2. The largest absolute Gasteiger partial charge is 0.462 e. The van der Waals surface area contributed by atoms with E-state index in [1.807, 2.05) is 66.9 Å². The van der Waals surface area contributed by atoms with Crippen LogP contribution in [-0.4, -0.2) is 33.2 Å². The van der Waals surface area contributed by atoms with Gasteiger partial charge in [0.15, 0.2) is 5.16 Å². The highest BCUT2D eigenvalue weighted by atomic mass is 35.5. The second-order valence-electron chi connectivity index (χ2n) is 7.94. The summed E-state index contributed by atoms with van der Waals surface area (Å²) in [6.45, 7) is 3.84. The Kier molecular flexibility index (Phi) is 8.86. The van der Waals surface area contributed by atoms with Crippen molar-refractivity contribution >= 4 is 57.5 Å². The van der Waals surface area contributed by atoms with Crippen molar-refractivity contribution < 1.29 is 14.3 Å². The lowest BCUT2D eigenvalue weighted by Gasteiger charge is -2.19. The molecule has 1 amide bonds. The monoisotopic (exact) mass is 555 g/mol. The van der Waals surface area contributed by atoms with E-state index in [0.717, 1.165) is 11.1 Å². The summed E-state index contributed by atoms with van der Waals surface area (Å²) in [5, 5.41) is 14.5. The number of benzene rings is 2. The SMILES string of the molecule is CCOC(=O)c1c(-c2ccccc2)csc1NC(=O)C(CC)n1c(N)nnc1SCc1ccccc1Cl. The fourth-order valence-electron chi connectivity index (χ4n) is 3.80. The van der Waals surface area contributed by atoms with Crippen LogP contribution >= 0.6 is 34.7 Å². The number of nitrogens with two attached hydrogens (primary N) is 1. The van der Waals surface area contributed by atoms with Crippen molar-refractivity contribution in [2.24, 2.45) is 0 Å². The Morgan fingerprint density at radius 1 is 1.14 bits per heavy atom. The quantitative estimate of drug-likeness (QED) is 0.174. The number of esters is 1. The number of aromatic nitrogens is 3. The zero-order valence-corrected chi connectivity index (χ0v) is 22.7. The standard InChI is InChI=1S/C26H26ClN5O3S2/c1-3-20(32-25(28)30-31-26(32)37-14-17-12-8-9-13-19(17)27)22(33)29-23-21(24(34)35-4-2)18(15-36-23)16-10-6-5-7-11-16/h5-13,15,20H,3-4,14H2,1-2H3,(H2,28,30)(H,29,33). The van der Waals surface area contributed by atoms with Crippen molar-refractivity contribution in [2.45, 2.75) is 37.2 Å². The number of anilines is 2. The highest BCUT2D eigenvalue weighted by Gasteiger charge is 2.28. The predicted octanol–water partition coefficient (Wildman–Crippen LogP) is 6.30. The molecule has 1 unspecified atom stereocenters. The average Bonchev–Trinajstić information content (AvgIpc) is 3.48. The number of rotatable bonds is 10. The smallest absolute Gasteiger partial charge is 0.341 e. The van der Waals surface area contributed by atoms with E-state index in [1.165, 1.54) is 23.1 Å². The van der Waals surface area contributed by atoms with Crippen LogP contribution in [0.4, 0.5) is 10.9 Å². The lowest BCUT2D eigenvalue weighted by atomic mass is 10.0. The third-order valence-corrected chi connectivity index (χ3v) is 7.85. The summed E-state index contributed by atoms with van der Waals surface area (Å²) in [5.74, 6) is -0.161. The zero-order chi connectivity index (χ0) is 26.4. The summed E-state index contributed by atoms with van der Waals surface area (Å²) in [6.07, 6.45) is 0.430. The molecule has 0 fully saturated rings. The number of thioether (sulfide) groups is 1. The highest BCUT2D eigenvalue weighted by molar-refractivity contribution is 7.98. The predicted molar refractivity (Wildman–Crippen MR) is 149 cm³/mol. The molecule has 8 nitrogen and oxygen atoms in total. The molecule has 11 heteroatoms. The minimum atomic E-state index is -0.693. The van der Waals surface area contributed by atoms with E-state index >= 15 is 0 Å². The van der Waals surface area contributed by atoms with E-state index < -0.39 is 12.0 Å². The molecule has 0 saturated carbocycles. The van der Waals surface area contributed by atoms with Crippen LogP contribution in [0, 0.1) is 0 Å². The first kappa shape index (κ1) is 26.7. The molecule has 4 aromatic rings. The van der Waals surface area contributed by atoms with Gasteiger partial charge in [-0.3, -0.25) is 9.36 Å². The van der Waals surface area contributed by atoms with E-state index in [2.05, 4.69) is 15.5 Å². The summed E-state index contributed by atoms with van der Waals surface area (Å²) in [7, 11) is 0. The number of carbonyl (C=O) groups is 2. The minimum Gasteiger partial charge on any atom is -0.462 e. The van der Waals surface area contributed by atoms with E-state index in [0.29, 0.717) is 38.5 Å². The Bertz CT molecular complexity index is 1390. The van der Waals surface area contributed by atoms with Gasteiger partial charge < -0.3 is 15.8 Å². The number of carbonyl (C=O) groups excluding carboxylic acids is 2. The average molecular weight is 556 g/mol. The van der Waals surface area contributed by atoms with E-state index in [4.69, 9.17) is 22.1 Å². The van der Waals surface area contributed by atoms with Gasteiger partial charge in [0, 0.05) is 21.7 Å². The van der Waals surface area contributed by atoms with Gasteiger partial charge in [0.05, 0.1) is 6.61 Å². The number of thiophene rings is 1. The summed E-state index contributed by atoms with van der Waals surface area (Å²) in [5.41, 5.74) is 8.96. The molecule has 3 N–H and O–H groups in total. The number of halogens is 1. The first-order chi connectivity index (χ1) is 17.9. The van der Waals surface area contributed by atoms with Crippen molar-refractivity contribution in [3.8, 4) is 11.1 Å². The number of hydrogen-bond acceptors (Lipinski definition) is 8. The summed E-state index contributed by atoms with van der Waals surface area (Å²) < 4.78 is 6.93. The molecule has 0 aliphatic carbocycles. The van der Waals surface area contributed by atoms with Crippen molar-refractivity contribution in [3.05, 3.63) is 76.1 Å². The summed E-state index contributed by atoms with van der Waals surface area (Å²) in [4.78, 5) is 26.4. The van der Waals surface area contributed by atoms with Gasteiger partial charge in [-0.25, -0.2) is 4.79 Å². The van der Waals surface area contributed by atoms with Crippen LogP contribution < -0.4 is 11.1 Å². The molecule has 0 bridgehead atoms. The Morgan fingerprint density at radius 3 is 2.57 bits per heavy atom. The molecule has 0 spiro atoms. The molecule has 0 saturated heterocycles.